The Morgan fingerprint density at radius 3 is 2.00 bits per heavy atom. The minimum Gasteiger partial charge on any atom is -0.468 e. The molecule has 29 heavy (non-hydrogen) atoms. The first kappa shape index (κ1) is 23.6. The van der Waals surface area contributed by atoms with Crippen molar-refractivity contribution in [3.63, 3.8) is 0 Å². The molecule has 1 unspecified atom stereocenters. The first-order valence-corrected chi connectivity index (χ1v) is 11.0. The molecule has 0 fully saturated rings. The Morgan fingerprint density at radius 2 is 1.45 bits per heavy atom. The fourth-order valence-corrected chi connectivity index (χ4v) is 4.13. The lowest BCUT2D eigenvalue weighted by Crippen LogP contribution is -2.14. The highest BCUT2D eigenvalue weighted by Gasteiger charge is 2.24. The van der Waals surface area contributed by atoms with Gasteiger partial charge in [-0.15, -0.1) is 11.8 Å². The van der Waals surface area contributed by atoms with Crippen LogP contribution in [0.15, 0.2) is 47.4 Å². The minimum absolute atomic E-state index is 0.190. The fraction of sp³-hybridized carbons (Fsp3) is 0.500. The van der Waals surface area contributed by atoms with Crippen LogP contribution in [-0.4, -0.2) is 33.6 Å². The second-order valence-electron chi connectivity index (χ2n) is 8.12. The Hall–Kier alpha value is -1.69. The van der Waals surface area contributed by atoms with E-state index in [1.807, 2.05) is 30.0 Å². The van der Waals surface area contributed by atoms with Crippen molar-refractivity contribution in [3.05, 3.63) is 53.6 Å². The summed E-state index contributed by atoms with van der Waals surface area (Å²) in [7, 11) is 3.26. The van der Waals surface area contributed by atoms with Gasteiger partial charge in [-0.2, -0.15) is 0 Å². The molecule has 4 nitrogen and oxygen atoms in total. The summed E-state index contributed by atoms with van der Waals surface area (Å²) in [5, 5.41) is 0. The summed E-state index contributed by atoms with van der Waals surface area (Å²) in [6, 6.07) is 14.7. The third-order valence-electron chi connectivity index (χ3n) is 4.45. The number of methoxy groups -OCH3 is 2. The van der Waals surface area contributed by atoms with E-state index in [2.05, 4.69) is 52.0 Å². The van der Waals surface area contributed by atoms with Crippen LogP contribution in [0.3, 0.4) is 0 Å². The standard InChI is InChI=1S/C24H34O4S/c1-7-29-23-14-20(28-17-26-6)12-13-21(23)22(15-24(2,3)4)18-8-10-19(11-9-18)27-16-25-5/h8-14,22H,7,15-17H2,1-6H3. The van der Waals surface area contributed by atoms with Gasteiger partial charge in [-0.25, -0.2) is 0 Å². The molecule has 0 aliphatic rings. The molecule has 0 bridgehead atoms. The van der Waals surface area contributed by atoms with Crippen molar-refractivity contribution in [1.29, 1.82) is 0 Å². The van der Waals surface area contributed by atoms with Crippen LogP contribution in [-0.2, 0) is 9.47 Å². The Bertz CT molecular complexity index is 738. The van der Waals surface area contributed by atoms with Gasteiger partial charge in [0.1, 0.15) is 11.5 Å². The van der Waals surface area contributed by atoms with Crippen LogP contribution in [0.1, 0.15) is 51.2 Å². The van der Waals surface area contributed by atoms with Crippen LogP contribution in [0, 0.1) is 5.41 Å². The second kappa shape index (κ2) is 11.5. The predicted octanol–water partition coefficient (Wildman–Crippen LogP) is 6.33. The van der Waals surface area contributed by atoms with Gasteiger partial charge >= 0.3 is 0 Å². The van der Waals surface area contributed by atoms with Gasteiger partial charge < -0.3 is 18.9 Å². The number of hydrogen-bond donors (Lipinski definition) is 0. The Labute approximate surface area is 179 Å². The molecule has 0 aromatic heterocycles. The number of thioether (sulfide) groups is 1. The number of rotatable bonds is 11. The Balaban J connectivity index is 2.40. The van der Waals surface area contributed by atoms with Crippen LogP contribution in [0.2, 0.25) is 0 Å². The molecule has 5 heteroatoms. The van der Waals surface area contributed by atoms with Crippen LogP contribution in [0.4, 0.5) is 0 Å². The molecule has 0 aliphatic carbocycles. The van der Waals surface area contributed by atoms with E-state index < -0.39 is 0 Å². The zero-order chi connectivity index (χ0) is 21.3. The molecule has 0 saturated heterocycles. The van der Waals surface area contributed by atoms with E-state index in [0.717, 1.165) is 23.7 Å². The lowest BCUT2D eigenvalue weighted by atomic mass is 9.78. The maximum atomic E-state index is 5.67. The van der Waals surface area contributed by atoms with Gasteiger partial charge in [-0.05, 0) is 53.0 Å². The van der Waals surface area contributed by atoms with E-state index in [1.165, 1.54) is 16.0 Å². The van der Waals surface area contributed by atoms with Crippen molar-refractivity contribution in [3.8, 4) is 11.5 Å². The topological polar surface area (TPSA) is 36.9 Å². The van der Waals surface area contributed by atoms with Gasteiger partial charge in [0.25, 0.3) is 0 Å². The van der Waals surface area contributed by atoms with Crippen molar-refractivity contribution in [1.82, 2.24) is 0 Å². The van der Waals surface area contributed by atoms with Crippen LogP contribution < -0.4 is 9.47 Å². The molecule has 2 aromatic rings. The number of ether oxygens (including phenoxy) is 4. The molecule has 0 aliphatic heterocycles. The van der Waals surface area contributed by atoms with E-state index in [1.54, 1.807) is 14.2 Å². The van der Waals surface area contributed by atoms with Crippen molar-refractivity contribution in [2.45, 2.75) is 44.9 Å². The third-order valence-corrected chi connectivity index (χ3v) is 5.40. The van der Waals surface area contributed by atoms with E-state index >= 15 is 0 Å². The normalized spacial score (nSPS) is 12.6. The van der Waals surface area contributed by atoms with Gasteiger partial charge in [-0.3, -0.25) is 0 Å². The van der Waals surface area contributed by atoms with Crippen LogP contribution in [0.25, 0.3) is 0 Å². The fourth-order valence-electron chi connectivity index (χ4n) is 3.24. The molecule has 0 amide bonds. The Morgan fingerprint density at radius 1 is 0.862 bits per heavy atom. The molecule has 2 rings (SSSR count). The minimum atomic E-state index is 0.190. The molecular weight excluding hydrogens is 384 g/mol. The highest BCUT2D eigenvalue weighted by atomic mass is 32.2. The van der Waals surface area contributed by atoms with Crippen molar-refractivity contribution >= 4 is 11.8 Å². The molecule has 0 radical (unpaired) electrons. The molecule has 0 N–H and O–H groups in total. The molecule has 0 saturated carbocycles. The summed E-state index contributed by atoms with van der Waals surface area (Å²) in [5.74, 6) is 2.95. The Kier molecular flexibility index (Phi) is 9.34. The summed E-state index contributed by atoms with van der Waals surface area (Å²) in [6.07, 6.45) is 1.04. The van der Waals surface area contributed by atoms with E-state index in [-0.39, 0.29) is 24.9 Å². The SMILES string of the molecule is CCSc1cc(OCOC)ccc1C(CC(C)(C)C)c1ccc(OCOC)cc1. The highest BCUT2D eigenvalue weighted by molar-refractivity contribution is 7.99. The van der Waals surface area contributed by atoms with Gasteiger partial charge in [0.15, 0.2) is 13.6 Å². The quantitative estimate of drug-likeness (QED) is 0.315. The van der Waals surface area contributed by atoms with Crippen LogP contribution in [0.5, 0.6) is 11.5 Å². The van der Waals surface area contributed by atoms with Gasteiger partial charge in [0, 0.05) is 25.0 Å². The summed E-state index contributed by atoms with van der Waals surface area (Å²) in [6.45, 7) is 9.56. The summed E-state index contributed by atoms with van der Waals surface area (Å²) in [4.78, 5) is 1.26. The third kappa shape index (κ3) is 7.57. The molecule has 0 spiro atoms. The average molecular weight is 419 g/mol. The summed E-state index contributed by atoms with van der Waals surface area (Å²) >= 11 is 1.85. The monoisotopic (exact) mass is 418 g/mol. The van der Waals surface area contributed by atoms with Crippen molar-refractivity contribution in [2.75, 3.05) is 33.6 Å². The number of benzene rings is 2. The van der Waals surface area contributed by atoms with E-state index in [0.29, 0.717) is 0 Å². The molecular formula is C24H34O4S. The van der Waals surface area contributed by atoms with Gasteiger partial charge in [-0.1, -0.05) is 45.9 Å². The van der Waals surface area contributed by atoms with E-state index in [4.69, 9.17) is 18.9 Å². The smallest absolute Gasteiger partial charge is 0.188 e. The first-order valence-electron chi connectivity index (χ1n) is 9.98. The summed E-state index contributed by atoms with van der Waals surface area (Å²) < 4.78 is 21.3. The maximum absolute atomic E-state index is 5.67. The number of hydrogen-bond acceptors (Lipinski definition) is 5. The maximum Gasteiger partial charge on any atom is 0.188 e. The largest absolute Gasteiger partial charge is 0.468 e. The van der Waals surface area contributed by atoms with E-state index in [9.17, 15) is 0 Å². The van der Waals surface area contributed by atoms with Crippen molar-refractivity contribution < 1.29 is 18.9 Å². The molecule has 1 atom stereocenters. The predicted molar refractivity (Wildman–Crippen MR) is 120 cm³/mol. The van der Waals surface area contributed by atoms with Crippen LogP contribution >= 0.6 is 11.8 Å². The lowest BCUT2D eigenvalue weighted by molar-refractivity contribution is 0.0508. The zero-order valence-corrected chi connectivity index (χ0v) is 19.3. The second-order valence-corrected chi connectivity index (χ2v) is 9.43. The van der Waals surface area contributed by atoms with Gasteiger partial charge in [0.05, 0.1) is 0 Å². The molecule has 160 valence electrons. The highest BCUT2D eigenvalue weighted by Crippen LogP contribution is 2.41. The molecule has 2 aromatic carbocycles. The summed E-state index contributed by atoms with van der Waals surface area (Å²) in [5.41, 5.74) is 2.81. The zero-order valence-electron chi connectivity index (χ0n) is 18.5. The van der Waals surface area contributed by atoms with Crippen molar-refractivity contribution in [2.24, 2.45) is 5.41 Å². The van der Waals surface area contributed by atoms with Gasteiger partial charge in [0.2, 0.25) is 0 Å². The first-order chi connectivity index (χ1) is 13.9. The lowest BCUT2D eigenvalue weighted by Gasteiger charge is -2.28. The average Bonchev–Trinajstić information content (AvgIpc) is 2.69. The molecule has 0 heterocycles.